The molecule has 0 N–H and O–H groups in total. The van der Waals surface area contributed by atoms with Crippen molar-refractivity contribution < 1.29 is 9.47 Å². The van der Waals surface area contributed by atoms with Gasteiger partial charge in [-0.05, 0) is 71.1 Å². The van der Waals surface area contributed by atoms with E-state index < -0.39 is 0 Å². The molecule has 3 heteroatoms. The molecule has 1 heterocycles. The van der Waals surface area contributed by atoms with Crippen LogP contribution in [0.5, 0.6) is 23.0 Å². The van der Waals surface area contributed by atoms with Crippen LogP contribution in [0.4, 0.5) is 17.1 Å². The molecule has 6 aromatic rings. The van der Waals surface area contributed by atoms with E-state index in [1.165, 1.54) is 10.8 Å². The molecule has 0 spiro atoms. The number of anilines is 3. The predicted molar refractivity (Wildman–Crippen MR) is 151 cm³/mol. The molecule has 7 rings (SSSR count). The summed E-state index contributed by atoms with van der Waals surface area (Å²) in [4.78, 5) is 2.31. The van der Waals surface area contributed by atoms with Crippen LogP contribution in [0.1, 0.15) is 0 Å². The third kappa shape index (κ3) is 3.87. The summed E-state index contributed by atoms with van der Waals surface area (Å²) in [5.74, 6) is 2.92. The molecule has 0 aliphatic carbocycles. The highest BCUT2D eigenvalue weighted by molar-refractivity contribution is 5.98. The average Bonchev–Trinajstić information content (AvgIpc) is 2.97. The van der Waals surface area contributed by atoms with Crippen molar-refractivity contribution in [2.24, 2.45) is 0 Å². The zero-order valence-corrected chi connectivity index (χ0v) is 20.0. The quantitative estimate of drug-likeness (QED) is 0.252. The Labute approximate surface area is 215 Å². The Bertz CT molecular complexity index is 1720. The summed E-state index contributed by atoms with van der Waals surface area (Å²) < 4.78 is 12.1. The van der Waals surface area contributed by atoms with Crippen molar-refractivity contribution in [3.05, 3.63) is 140 Å². The Balaban J connectivity index is 1.27. The van der Waals surface area contributed by atoms with E-state index in [1.807, 2.05) is 42.5 Å². The van der Waals surface area contributed by atoms with Gasteiger partial charge in [0.1, 0.15) is 0 Å². The first-order valence-electron chi connectivity index (χ1n) is 12.4. The first-order valence-corrected chi connectivity index (χ1v) is 12.4. The molecule has 0 aromatic heterocycles. The first kappa shape index (κ1) is 21.3. The number of nitrogens with zero attached hydrogens (tertiary/aromatic N) is 1. The van der Waals surface area contributed by atoms with Gasteiger partial charge in [0.25, 0.3) is 0 Å². The molecular formula is C34H23NO2. The van der Waals surface area contributed by atoms with Gasteiger partial charge in [0.15, 0.2) is 23.0 Å². The van der Waals surface area contributed by atoms with Crippen molar-refractivity contribution >= 4 is 27.8 Å². The smallest absolute Gasteiger partial charge is 0.170 e. The molecule has 1 aliphatic rings. The number of para-hydroxylation sites is 3. The van der Waals surface area contributed by atoms with E-state index in [1.54, 1.807) is 0 Å². The lowest BCUT2D eigenvalue weighted by Crippen LogP contribution is -2.10. The van der Waals surface area contributed by atoms with Gasteiger partial charge in [-0.3, -0.25) is 0 Å². The number of ether oxygens (including phenoxy) is 2. The normalized spacial score (nSPS) is 11.7. The van der Waals surface area contributed by atoms with Gasteiger partial charge in [-0.15, -0.1) is 0 Å². The number of hydrogen-bond donors (Lipinski definition) is 0. The van der Waals surface area contributed by atoms with E-state index >= 15 is 0 Å². The summed E-state index contributed by atoms with van der Waals surface area (Å²) in [7, 11) is 0. The second-order valence-corrected chi connectivity index (χ2v) is 9.03. The molecule has 0 saturated heterocycles. The molecule has 0 radical (unpaired) electrons. The Hall–Kier alpha value is -5.02. The number of rotatable bonds is 4. The minimum absolute atomic E-state index is 0.724. The third-order valence-corrected chi connectivity index (χ3v) is 6.71. The molecule has 176 valence electrons. The first-order chi connectivity index (χ1) is 18.3. The van der Waals surface area contributed by atoms with Crippen molar-refractivity contribution in [2.75, 3.05) is 4.90 Å². The molecule has 0 atom stereocenters. The van der Waals surface area contributed by atoms with E-state index in [0.717, 1.165) is 51.2 Å². The maximum Gasteiger partial charge on any atom is 0.170 e. The van der Waals surface area contributed by atoms with E-state index in [2.05, 4.69) is 102 Å². The van der Waals surface area contributed by atoms with E-state index in [-0.39, 0.29) is 0 Å². The summed E-state index contributed by atoms with van der Waals surface area (Å²) in [6, 6.07) is 48.0. The zero-order valence-electron chi connectivity index (χ0n) is 20.0. The van der Waals surface area contributed by atoms with E-state index in [9.17, 15) is 0 Å². The second kappa shape index (κ2) is 8.89. The average molecular weight is 478 g/mol. The molecule has 3 nitrogen and oxygen atoms in total. The topological polar surface area (TPSA) is 21.7 Å². The largest absolute Gasteiger partial charge is 0.450 e. The molecule has 37 heavy (non-hydrogen) atoms. The van der Waals surface area contributed by atoms with Gasteiger partial charge in [0, 0.05) is 16.8 Å². The van der Waals surface area contributed by atoms with Crippen LogP contribution in [0.25, 0.3) is 21.9 Å². The van der Waals surface area contributed by atoms with Gasteiger partial charge < -0.3 is 14.4 Å². The Morgan fingerprint density at radius 3 is 1.81 bits per heavy atom. The number of benzene rings is 6. The van der Waals surface area contributed by atoms with Crippen LogP contribution in [0, 0.1) is 0 Å². The molecule has 0 saturated carbocycles. The van der Waals surface area contributed by atoms with Gasteiger partial charge in [0.2, 0.25) is 0 Å². The number of fused-ring (bicyclic) bond motifs is 3. The fourth-order valence-electron chi connectivity index (χ4n) is 4.92. The van der Waals surface area contributed by atoms with Gasteiger partial charge in [0.05, 0.1) is 5.69 Å². The van der Waals surface area contributed by atoms with Crippen LogP contribution in [0.15, 0.2) is 140 Å². The fourth-order valence-corrected chi connectivity index (χ4v) is 4.92. The minimum atomic E-state index is 0.724. The van der Waals surface area contributed by atoms with Crippen LogP contribution < -0.4 is 14.4 Å². The van der Waals surface area contributed by atoms with Crippen molar-refractivity contribution in [3.63, 3.8) is 0 Å². The van der Waals surface area contributed by atoms with E-state index in [4.69, 9.17) is 9.47 Å². The van der Waals surface area contributed by atoms with Crippen molar-refractivity contribution in [1.29, 1.82) is 0 Å². The molecule has 0 fully saturated rings. The molecule has 1 aliphatic heterocycles. The van der Waals surface area contributed by atoms with Crippen molar-refractivity contribution in [3.8, 4) is 34.1 Å². The Morgan fingerprint density at radius 1 is 0.405 bits per heavy atom. The van der Waals surface area contributed by atoms with Crippen LogP contribution in [-0.4, -0.2) is 0 Å². The Morgan fingerprint density at radius 2 is 1.00 bits per heavy atom. The molecule has 0 bridgehead atoms. The van der Waals surface area contributed by atoms with E-state index in [0.29, 0.717) is 0 Å². The van der Waals surface area contributed by atoms with Crippen LogP contribution in [0.2, 0.25) is 0 Å². The Kier molecular flexibility index (Phi) is 5.11. The fraction of sp³-hybridized carbons (Fsp3) is 0. The van der Waals surface area contributed by atoms with Crippen LogP contribution in [-0.2, 0) is 0 Å². The summed E-state index contributed by atoms with van der Waals surface area (Å²) >= 11 is 0. The summed E-state index contributed by atoms with van der Waals surface area (Å²) in [6.07, 6.45) is 0. The van der Waals surface area contributed by atoms with Crippen LogP contribution in [0.3, 0.4) is 0 Å². The highest BCUT2D eigenvalue weighted by atomic mass is 16.6. The SMILES string of the molecule is c1ccc(N(c2ccc(-c3ccc4c(c3)Oc3ccccc3O4)cc2)c2cccc3ccccc23)cc1. The van der Waals surface area contributed by atoms with Gasteiger partial charge in [-0.25, -0.2) is 0 Å². The number of hydrogen-bond acceptors (Lipinski definition) is 3. The van der Waals surface area contributed by atoms with Gasteiger partial charge in [-0.1, -0.05) is 84.9 Å². The standard InChI is InChI=1S/C34H23NO2/c1-2-11-27(12-3-1)35(30-14-8-10-25-9-4-5-13-29(25)30)28-20-17-24(18-21-28)26-19-22-33-34(23-26)37-32-16-7-6-15-31(32)36-33/h1-23H. The molecule has 0 unspecified atom stereocenters. The van der Waals surface area contributed by atoms with Gasteiger partial charge in [-0.2, -0.15) is 0 Å². The molecule has 6 aromatic carbocycles. The van der Waals surface area contributed by atoms with Crippen molar-refractivity contribution in [1.82, 2.24) is 0 Å². The zero-order chi connectivity index (χ0) is 24.6. The monoisotopic (exact) mass is 477 g/mol. The maximum atomic E-state index is 6.12. The molecule has 0 amide bonds. The third-order valence-electron chi connectivity index (χ3n) is 6.71. The lowest BCUT2D eigenvalue weighted by atomic mass is 10.0. The second-order valence-electron chi connectivity index (χ2n) is 9.03. The summed E-state index contributed by atoms with van der Waals surface area (Å²) in [5.41, 5.74) is 5.54. The van der Waals surface area contributed by atoms with Crippen molar-refractivity contribution in [2.45, 2.75) is 0 Å². The predicted octanol–water partition coefficient (Wildman–Crippen LogP) is 9.87. The summed E-state index contributed by atoms with van der Waals surface area (Å²) in [5, 5.41) is 2.43. The highest BCUT2D eigenvalue weighted by Gasteiger charge is 2.19. The maximum absolute atomic E-state index is 6.12. The summed E-state index contributed by atoms with van der Waals surface area (Å²) in [6.45, 7) is 0. The minimum Gasteiger partial charge on any atom is -0.450 e. The van der Waals surface area contributed by atoms with Gasteiger partial charge >= 0.3 is 0 Å². The highest BCUT2D eigenvalue weighted by Crippen LogP contribution is 2.46. The molecular weight excluding hydrogens is 454 g/mol. The lowest BCUT2D eigenvalue weighted by molar-refractivity contribution is 0.360. The lowest BCUT2D eigenvalue weighted by Gasteiger charge is -2.27. The van der Waals surface area contributed by atoms with Crippen LogP contribution >= 0.6 is 0 Å².